The van der Waals surface area contributed by atoms with Gasteiger partial charge in [0.05, 0.1) is 28.8 Å². The quantitative estimate of drug-likeness (QED) is 0.729. The summed E-state index contributed by atoms with van der Waals surface area (Å²) in [6.07, 6.45) is 1.91. The molecule has 9 heteroatoms. The molecule has 2 atom stereocenters. The first kappa shape index (κ1) is 23.0. The molecule has 3 rings (SSSR count). The molecule has 0 bridgehead atoms. The van der Waals surface area contributed by atoms with Crippen LogP contribution in [0.5, 0.6) is 0 Å². The predicted molar refractivity (Wildman–Crippen MR) is 123 cm³/mol. The molecule has 1 aliphatic heterocycles. The summed E-state index contributed by atoms with van der Waals surface area (Å²) in [5.41, 5.74) is 1.41. The summed E-state index contributed by atoms with van der Waals surface area (Å²) in [5, 5.41) is 2.81. The topological polar surface area (TPSA) is 101 Å². The highest BCUT2D eigenvalue weighted by Crippen LogP contribution is 2.22. The van der Waals surface area contributed by atoms with Crippen molar-refractivity contribution in [3.63, 3.8) is 0 Å². The highest BCUT2D eigenvalue weighted by molar-refractivity contribution is 7.94. The average molecular weight is 447 g/mol. The summed E-state index contributed by atoms with van der Waals surface area (Å²) in [5.74, 6) is 0.545. The fraction of sp³-hybridized carbons (Fsp3) is 0.455. The Hall–Kier alpha value is -2.65. The van der Waals surface area contributed by atoms with E-state index >= 15 is 0 Å². The second kappa shape index (κ2) is 8.84. The van der Waals surface area contributed by atoms with Crippen LogP contribution in [-0.4, -0.2) is 49.4 Å². The number of rotatable bonds is 5. The number of ether oxygens (including phenoxy) is 1. The van der Waals surface area contributed by atoms with Crippen LogP contribution in [0.4, 0.5) is 17.2 Å². The van der Waals surface area contributed by atoms with Gasteiger partial charge in [0.25, 0.3) is 5.91 Å². The van der Waals surface area contributed by atoms with Gasteiger partial charge in [0.1, 0.15) is 5.82 Å². The summed E-state index contributed by atoms with van der Waals surface area (Å²) in [4.78, 5) is 19.2. The maximum absolute atomic E-state index is 12.5. The molecule has 2 aromatic rings. The fourth-order valence-corrected chi connectivity index (χ4v) is 3.97. The number of pyridine rings is 1. The smallest absolute Gasteiger partial charge is 0.255 e. The van der Waals surface area contributed by atoms with E-state index in [1.807, 2.05) is 26.0 Å². The number of nitrogens with zero attached hydrogens (tertiary/aromatic N) is 2. The van der Waals surface area contributed by atoms with Crippen LogP contribution >= 0.6 is 0 Å². The van der Waals surface area contributed by atoms with Crippen molar-refractivity contribution < 1.29 is 17.9 Å². The number of aromatic nitrogens is 1. The highest BCUT2D eigenvalue weighted by atomic mass is 32.2. The van der Waals surface area contributed by atoms with Crippen LogP contribution in [0.15, 0.2) is 42.6 Å². The van der Waals surface area contributed by atoms with Crippen LogP contribution < -0.4 is 14.9 Å². The van der Waals surface area contributed by atoms with Gasteiger partial charge in [-0.3, -0.25) is 9.52 Å². The third kappa shape index (κ3) is 5.74. The van der Waals surface area contributed by atoms with E-state index < -0.39 is 14.8 Å². The molecule has 0 radical (unpaired) electrons. The van der Waals surface area contributed by atoms with Gasteiger partial charge in [0.2, 0.25) is 10.0 Å². The molecule has 0 spiro atoms. The molecule has 168 valence electrons. The summed E-state index contributed by atoms with van der Waals surface area (Å²) in [7, 11) is -3.52. The van der Waals surface area contributed by atoms with Crippen molar-refractivity contribution in [1.82, 2.24) is 4.98 Å². The normalized spacial score (nSPS) is 19.7. The van der Waals surface area contributed by atoms with Gasteiger partial charge >= 0.3 is 0 Å². The maximum atomic E-state index is 12.5. The van der Waals surface area contributed by atoms with E-state index in [4.69, 9.17) is 4.74 Å². The van der Waals surface area contributed by atoms with Crippen molar-refractivity contribution in [3.8, 4) is 0 Å². The summed E-state index contributed by atoms with van der Waals surface area (Å²) < 4.78 is 31.9. The monoisotopic (exact) mass is 446 g/mol. The molecule has 1 aliphatic rings. The molecule has 0 saturated carbocycles. The van der Waals surface area contributed by atoms with Crippen molar-refractivity contribution in [2.24, 2.45) is 0 Å². The van der Waals surface area contributed by atoms with E-state index in [2.05, 4.69) is 19.9 Å². The van der Waals surface area contributed by atoms with Gasteiger partial charge in [0, 0.05) is 24.3 Å². The average Bonchev–Trinajstić information content (AvgIpc) is 2.67. The van der Waals surface area contributed by atoms with Gasteiger partial charge in [-0.15, -0.1) is 0 Å². The second-order valence-corrected chi connectivity index (χ2v) is 11.3. The standard InChI is InChI=1S/C22H30N4O4S/c1-15-13-26(14-16(2)30-15)20-11-10-19(12-23-20)24-21(27)17-6-8-18(9-7-17)25-31(28,29)22(3,4)5/h6-12,15-16,25H,13-14H2,1-5H3,(H,24,27). The van der Waals surface area contributed by atoms with Gasteiger partial charge in [-0.1, -0.05) is 0 Å². The van der Waals surface area contributed by atoms with Crippen LogP contribution in [0.1, 0.15) is 45.0 Å². The summed E-state index contributed by atoms with van der Waals surface area (Å²) >= 11 is 0. The number of hydrogen-bond donors (Lipinski definition) is 2. The predicted octanol–water partition coefficient (Wildman–Crippen LogP) is 3.49. The van der Waals surface area contributed by atoms with Gasteiger partial charge in [-0.05, 0) is 71.0 Å². The number of hydrogen-bond acceptors (Lipinski definition) is 6. The minimum atomic E-state index is -3.52. The number of sulfonamides is 1. The molecule has 1 aromatic carbocycles. The van der Waals surface area contributed by atoms with E-state index in [9.17, 15) is 13.2 Å². The van der Waals surface area contributed by atoms with Crippen LogP contribution in [0.3, 0.4) is 0 Å². The van der Waals surface area contributed by atoms with Crippen molar-refractivity contribution >= 4 is 33.1 Å². The molecule has 1 aromatic heterocycles. The number of anilines is 3. The lowest BCUT2D eigenvalue weighted by molar-refractivity contribution is -0.00545. The van der Waals surface area contributed by atoms with Crippen LogP contribution in [-0.2, 0) is 14.8 Å². The Morgan fingerprint density at radius 1 is 1.03 bits per heavy atom. The second-order valence-electron chi connectivity index (χ2n) is 8.82. The number of morpholine rings is 1. The number of carbonyl (C=O) groups excluding carboxylic acids is 1. The van der Waals surface area contributed by atoms with E-state index in [-0.39, 0.29) is 18.1 Å². The van der Waals surface area contributed by atoms with Crippen LogP contribution in [0.2, 0.25) is 0 Å². The largest absolute Gasteiger partial charge is 0.372 e. The third-order valence-electron chi connectivity index (χ3n) is 4.95. The molecule has 2 N–H and O–H groups in total. The van der Waals surface area contributed by atoms with Gasteiger partial charge in [-0.2, -0.15) is 0 Å². The number of benzene rings is 1. The Morgan fingerprint density at radius 3 is 2.13 bits per heavy atom. The minimum Gasteiger partial charge on any atom is -0.372 e. The Bertz CT molecular complexity index is 1000. The van der Waals surface area contributed by atoms with Crippen molar-refractivity contribution in [2.45, 2.75) is 51.6 Å². The first-order chi connectivity index (χ1) is 14.4. The maximum Gasteiger partial charge on any atom is 0.255 e. The van der Waals surface area contributed by atoms with Gasteiger partial charge < -0.3 is 15.0 Å². The van der Waals surface area contributed by atoms with Crippen molar-refractivity contribution in [2.75, 3.05) is 28.0 Å². The molecule has 2 heterocycles. The van der Waals surface area contributed by atoms with Crippen LogP contribution in [0, 0.1) is 0 Å². The Balaban J connectivity index is 1.62. The molecule has 2 unspecified atom stereocenters. The first-order valence-corrected chi connectivity index (χ1v) is 11.7. The molecule has 31 heavy (non-hydrogen) atoms. The lowest BCUT2D eigenvalue weighted by atomic mass is 10.2. The molecular weight excluding hydrogens is 416 g/mol. The van der Waals surface area contributed by atoms with Crippen LogP contribution in [0.25, 0.3) is 0 Å². The third-order valence-corrected chi connectivity index (χ3v) is 7.07. The number of carbonyl (C=O) groups is 1. The molecule has 1 saturated heterocycles. The molecule has 8 nitrogen and oxygen atoms in total. The van der Waals surface area contributed by atoms with E-state index in [0.29, 0.717) is 16.9 Å². The Kier molecular flexibility index (Phi) is 6.56. The molecule has 1 amide bonds. The Morgan fingerprint density at radius 2 is 1.61 bits per heavy atom. The van der Waals surface area contributed by atoms with Crippen molar-refractivity contribution in [3.05, 3.63) is 48.2 Å². The summed E-state index contributed by atoms with van der Waals surface area (Å²) in [6, 6.07) is 9.99. The molecule has 0 aliphatic carbocycles. The Labute approximate surface area is 184 Å². The minimum absolute atomic E-state index is 0.140. The lowest BCUT2D eigenvalue weighted by Gasteiger charge is -2.36. The fourth-order valence-electron chi connectivity index (χ4n) is 3.21. The summed E-state index contributed by atoms with van der Waals surface area (Å²) in [6.45, 7) is 10.5. The van der Waals surface area contributed by atoms with Gasteiger partial charge in [0.15, 0.2) is 0 Å². The number of nitrogens with one attached hydrogen (secondary N) is 2. The van der Waals surface area contributed by atoms with E-state index in [1.54, 1.807) is 51.2 Å². The van der Waals surface area contributed by atoms with Gasteiger partial charge in [-0.25, -0.2) is 13.4 Å². The number of amides is 1. The molecular formula is C22H30N4O4S. The van der Waals surface area contributed by atoms with E-state index in [0.717, 1.165) is 18.9 Å². The zero-order chi connectivity index (χ0) is 22.8. The first-order valence-electron chi connectivity index (χ1n) is 10.2. The highest BCUT2D eigenvalue weighted by Gasteiger charge is 2.29. The van der Waals surface area contributed by atoms with Crippen molar-refractivity contribution in [1.29, 1.82) is 0 Å². The SMILES string of the molecule is CC1CN(c2ccc(NC(=O)c3ccc(NS(=O)(=O)C(C)(C)C)cc3)cn2)CC(C)O1. The zero-order valence-electron chi connectivity index (χ0n) is 18.5. The molecule has 1 fully saturated rings. The lowest BCUT2D eigenvalue weighted by Crippen LogP contribution is -2.45. The zero-order valence-corrected chi connectivity index (χ0v) is 19.4. The van der Waals surface area contributed by atoms with E-state index in [1.165, 1.54) is 0 Å².